The molecule has 4 nitrogen and oxygen atoms in total. The number of rotatable bonds is 4. The average Bonchev–Trinajstić information content (AvgIpc) is 3.01. The summed E-state index contributed by atoms with van der Waals surface area (Å²) >= 11 is 2.46. The van der Waals surface area contributed by atoms with Crippen LogP contribution in [0.25, 0.3) is 6.08 Å². The molecular formula is C25H17F2NO3S2. The molecule has 0 radical (unpaired) electrons. The van der Waals surface area contributed by atoms with Crippen LogP contribution in [0.5, 0.6) is 0 Å². The van der Waals surface area contributed by atoms with Crippen LogP contribution in [0.2, 0.25) is 0 Å². The van der Waals surface area contributed by atoms with Crippen LogP contribution in [0.1, 0.15) is 28.4 Å². The van der Waals surface area contributed by atoms with E-state index in [1.807, 2.05) is 42.5 Å². The van der Waals surface area contributed by atoms with E-state index in [4.69, 9.17) is 4.74 Å². The lowest BCUT2D eigenvalue weighted by molar-refractivity contribution is -0.115. The molecule has 166 valence electrons. The van der Waals surface area contributed by atoms with Crippen LogP contribution in [-0.4, -0.2) is 11.1 Å². The molecule has 5 rings (SSSR count). The van der Waals surface area contributed by atoms with Gasteiger partial charge in [-0.1, -0.05) is 48.2 Å². The average molecular weight is 482 g/mol. The molecule has 0 saturated carbocycles. The number of nitrogens with one attached hydrogen (secondary N) is 1. The van der Waals surface area contributed by atoms with Crippen molar-refractivity contribution in [3.63, 3.8) is 0 Å². The molecule has 8 heteroatoms. The van der Waals surface area contributed by atoms with Crippen LogP contribution in [0.3, 0.4) is 0 Å². The van der Waals surface area contributed by atoms with Gasteiger partial charge in [-0.3, -0.25) is 14.9 Å². The Hall–Kier alpha value is -2.94. The van der Waals surface area contributed by atoms with E-state index in [9.17, 15) is 18.4 Å². The van der Waals surface area contributed by atoms with Gasteiger partial charge in [0, 0.05) is 21.8 Å². The van der Waals surface area contributed by atoms with Crippen LogP contribution in [0.15, 0.2) is 75.4 Å². The Bertz CT molecular complexity index is 1290. The first-order valence-corrected chi connectivity index (χ1v) is 11.8. The lowest BCUT2D eigenvalue weighted by Gasteiger charge is -2.19. The van der Waals surface area contributed by atoms with Gasteiger partial charge in [0.25, 0.3) is 11.1 Å². The maximum atomic E-state index is 14.1. The molecule has 1 atom stereocenters. The molecule has 2 aliphatic heterocycles. The fourth-order valence-corrected chi connectivity index (χ4v) is 5.63. The number of fused-ring (bicyclic) bond motifs is 2. The van der Waals surface area contributed by atoms with E-state index >= 15 is 0 Å². The highest BCUT2D eigenvalue weighted by Crippen LogP contribution is 2.43. The predicted octanol–water partition coefficient (Wildman–Crippen LogP) is 6.25. The van der Waals surface area contributed by atoms with Crippen LogP contribution < -0.4 is 5.32 Å². The minimum absolute atomic E-state index is 0.0871. The van der Waals surface area contributed by atoms with Crippen LogP contribution >= 0.6 is 23.5 Å². The Labute approximate surface area is 197 Å². The Balaban J connectivity index is 1.45. The Morgan fingerprint density at radius 1 is 0.970 bits per heavy atom. The largest absolute Gasteiger partial charge is 0.368 e. The summed E-state index contributed by atoms with van der Waals surface area (Å²) in [6, 6.07) is 17.4. The summed E-state index contributed by atoms with van der Waals surface area (Å²) in [5.74, 6) is -1.65. The topological polar surface area (TPSA) is 55.4 Å². The van der Waals surface area contributed by atoms with Gasteiger partial charge >= 0.3 is 0 Å². The van der Waals surface area contributed by atoms with E-state index in [2.05, 4.69) is 5.32 Å². The van der Waals surface area contributed by atoms with Gasteiger partial charge in [-0.25, -0.2) is 8.78 Å². The first-order valence-electron chi connectivity index (χ1n) is 10.2. The highest BCUT2D eigenvalue weighted by atomic mass is 32.2. The number of thioether (sulfide) groups is 1. The lowest BCUT2D eigenvalue weighted by atomic mass is 10.00. The third-order valence-electron chi connectivity index (χ3n) is 5.41. The van der Waals surface area contributed by atoms with E-state index < -0.39 is 17.5 Å². The fourth-order valence-electron chi connectivity index (χ4n) is 3.77. The van der Waals surface area contributed by atoms with E-state index in [0.29, 0.717) is 11.3 Å². The van der Waals surface area contributed by atoms with Gasteiger partial charge in [-0.15, -0.1) is 0 Å². The van der Waals surface area contributed by atoms with Crippen molar-refractivity contribution in [3.05, 3.63) is 99.5 Å². The molecule has 3 aromatic carbocycles. The molecule has 33 heavy (non-hydrogen) atoms. The fraction of sp³-hybridized carbons (Fsp3) is 0.120. The summed E-state index contributed by atoms with van der Waals surface area (Å²) < 4.78 is 34.3. The second-order valence-electron chi connectivity index (χ2n) is 7.56. The minimum atomic E-state index is -0.628. The van der Waals surface area contributed by atoms with E-state index in [-0.39, 0.29) is 23.5 Å². The molecule has 3 aromatic rings. The molecule has 2 aliphatic rings. The zero-order valence-electron chi connectivity index (χ0n) is 17.1. The number of amides is 2. The molecule has 1 saturated heterocycles. The van der Waals surface area contributed by atoms with Crippen LogP contribution in [0, 0.1) is 11.6 Å². The van der Waals surface area contributed by atoms with Gasteiger partial charge in [0.15, 0.2) is 0 Å². The molecule has 2 amide bonds. The normalized spacial score (nSPS) is 18.6. The Morgan fingerprint density at radius 2 is 1.76 bits per heavy atom. The first kappa shape index (κ1) is 21.9. The van der Waals surface area contributed by atoms with Crippen molar-refractivity contribution in [1.82, 2.24) is 5.32 Å². The van der Waals surface area contributed by atoms with Gasteiger partial charge in [0.1, 0.15) is 11.6 Å². The minimum Gasteiger partial charge on any atom is -0.368 e. The maximum absolute atomic E-state index is 14.1. The molecule has 0 spiro atoms. The number of ether oxygens (including phenoxy) is 1. The van der Waals surface area contributed by atoms with E-state index in [1.54, 1.807) is 17.8 Å². The summed E-state index contributed by atoms with van der Waals surface area (Å²) in [7, 11) is 0. The summed E-state index contributed by atoms with van der Waals surface area (Å²) in [5, 5.41) is 1.88. The first-order chi connectivity index (χ1) is 16.0. The molecule has 0 aromatic heterocycles. The second-order valence-corrected chi connectivity index (χ2v) is 9.66. The van der Waals surface area contributed by atoms with E-state index in [1.165, 1.54) is 18.2 Å². The molecule has 1 N–H and O–H groups in total. The maximum Gasteiger partial charge on any atom is 0.290 e. The number of carbonyl (C=O) groups is 2. The monoisotopic (exact) mass is 481 g/mol. The van der Waals surface area contributed by atoms with Gasteiger partial charge < -0.3 is 4.74 Å². The van der Waals surface area contributed by atoms with Gasteiger partial charge in [-0.05, 0) is 58.8 Å². The smallest absolute Gasteiger partial charge is 0.290 e. The second kappa shape index (κ2) is 9.13. The number of imide groups is 1. The molecule has 0 aliphatic carbocycles. The van der Waals surface area contributed by atoms with Crippen molar-refractivity contribution >= 4 is 40.7 Å². The summed E-state index contributed by atoms with van der Waals surface area (Å²) in [6.07, 6.45) is 1.84. The van der Waals surface area contributed by atoms with Crippen LogP contribution in [0.4, 0.5) is 13.6 Å². The lowest BCUT2D eigenvalue weighted by Crippen LogP contribution is -2.17. The number of hydrogen-bond donors (Lipinski definition) is 1. The summed E-state index contributed by atoms with van der Waals surface area (Å²) in [4.78, 5) is 25.7. The third kappa shape index (κ3) is 4.59. The zero-order chi connectivity index (χ0) is 22.9. The van der Waals surface area contributed by atoms with Gasteiger partial charge in [-0.2, -0.15) is 0 Å². The van der Waals surface area contributed by atoms with Crippen molar-refractivity contribution in [3.8, 4) is 0 Å². The standard InChI is InChI=1S/C25H17F2NO3S2/c26-18-5-3-6-19(27)17(18)13-31-20-12-15-9-8-14(11-23-24(29)28-25(30)33-23)10-22(15)32-21-7-2-1-4-16(20)21/h1-11,20H,12-13H2,(H,28,29,30)/b23-11-. The highest BCUT2D eigenvalue weighted by Gasteiger charge is 2.26. The molecule has 0 bridgehead atoms. The van der Waals surface area contributed by atoms with Crippen molar-refractivity contribution in [2.75, 3.05) is 0 Å². The van der Waals surface area contributed by atoms with Crippen molar-refractivity contribution in [2.24, 2.45) is 0 Å². The molecule has 1 fully saturated rings. The summed E-state index contributed by atoms with van der Waals surface area (Å²) in [6.45, 7) is -0.179. The highest BCUT2D eigenvalue weighted by molar-refractivity contribution is 8.18. The predicted molar refractivity (Wildman–Crippen MR) is 124 cm³/mol. The number of carbonyl (C=O) groups excluding carboxylic acids is 2. The Kier molecular flexibility index (Phi) is 6.05. The SMILES string of the molecule is O=C1NC(=O)/C(=C/c2ccc3c(c2)Sc2ccccc2C(OCc2c(F)cccc2F)C3)S1. The van der Waals surface area contributed by atoms with Gasteiger partial charge in [0.05, 0.1) is 17.6 Å². The third-order valence-corrected chi connectivity index (χ3v) is 7.41. The number of hydrogen-bond acceptors (Lipinski definition) is 5. The summed E-state index contributed by atoms with van der Waals surface area (Å²) in [5.41, 5.74) is 2.69. The zero-order valence-corrected chi connectivity index (χ0v) is 18.8. The van der Waals surface area contributed by atoms with Crippen molar-refractivity contribution in [2.45, 2.75) is 28.9 Å². The quantitative estimate of drug-likeness (QED) is 0.446. The number of halogens is 2. The molecular weight excluding hydrogens is 464 g/mol. The van der Waals surface area contributed by atoms with Crippen molar-refractivity contribution in [1.29, 1.82) is 0 Å². The van der Waals surface area contributed by atoms with E-state index in [0.717, 1.165) is 38.2 Å². The number of benzene rings is 3. The van der Waals surface area contributed by atoms with Gasteiger partial charge in [0.2, 0.25) is 0 Å². The van der Waals surface area contributed by atoms with Crippen LogP contribution in [-0.2, 0) is 22.6 Å². The molecule has 1 unspecified atom stereocenters. The molecule has 2 heterocycles. The Morgan fingerprint density at radius 3 is 2.52 bits per heavy atom. The van der Waals surface area contributed by atoms with Crippen molar-refractivity contribution < 1.29 is 23.1 Å².